The van der Waals surface area contributed by atoms with Gasteiger partial charge in [-0.2, -0.15) is 0 Å². The van der Waals surface area contributed by atoms with Crippen molar-refractivity contribution in [2.45, 2.75) is 32.3 Å². The van der Waals surface area contributed by atoms with Crippen molar-refractivity contribution in [1.29, 1.82) is 0 Å². The Balaban J connectivity index is 2.73. The Kier molecular flexibility index (Phi) is 3.50. The van der Waals surface area contributed by atoms with E-state index in [4.69, 9.17) is 5.53 Å². The molecule has 0 saturated heterocycles. The number of carbonyl (C=O) groups excluding carboxylic acids is 1. The van der Waals surface area contributed by atoms with Crippen molar-refractivity contribution in [3.05, 3.63) is 22.1 Å². The van der Waals surface area contributed by atoms with Crippen molar-refractivity contribution >= 4 is 5.78 Å². The first kappa shape index (κ1) is 11.8. The molecule has 0 saturated carbocycles. The minimum atomic E-state index is -1.10. The Bertz CT molecular complexity index is 341. The van der Waals surface area contributed by atoms with Gasteiger partial charge in [-0.3, -0.25) is 4.79 Å². The molecular weight excluding hydrogens is 194 g/mol. The molecule has 0 amide bonds. The van der Waals surface area contributed by atoms with Crippen LogP contribution in [0.3, 0.4) is 0 Å². The van der Waals surface area contributed by atoms with Crippen LogP contribution in [-0.2, 0) is 4.79 Å². The Morgan fingerprint density at radius 2 is 2.47 bits per heavy atom. The van der Waals surface area contributed by atoms with Crippen LogP contribution in [0.1, 0.15) is 26.7 Å². The minimum Gasteiger partial charge on any atom is -0.390 e. The molecule has 0 radical (unpaired) electrons. The zero-order valence-corrected chi connectivity index (χ0v) is 8.97. The topological polar surface area (TPSA) is 86.1 Å². The Hall–Kier alpha value is -1.32. The van der Waals surface area contributed by atoms with E-state index >= 15 is 0 Å². The molecule has 2 unspecified atom stereocenters. The number of nitrogens with zero attached hydrogens (tertiary/aromatic N) is 3. The molecule has 0 fully saturated rings. The highest BCUT2D eigenvalue weighted by Gasteiger charge is 2.34. The van der Waals surface area contributed by atoms with Crippen LogP contribution in [0.2, 0.25) is 0 Å². The van der Waals surface area contributed by atoms with Gasteiger partial charge in [-0.25, -0.2) is 0 Å². The summed E-state index contributed by atoms with van der Waals surface area (Å²) in [6, 6.07) is 0. The van der Waals surface area contributed by atoms with Gasteiger partial charge >= 0.3 is 0 Å². The van der Waals surface area contributed by atoms with Crippen LogP contribution in [0.15, 0.2) is 16.8 Å². The summed E-state index contributed by atoms with van der Waals surface area (Å²) in [5.41, 5.74) is 7.85. The summed E-state index contributed by atoms with van der Waals surface area (Å²) in [5.74, 6) is -0.0911. The Labute approximate surface area is 88.4 Å². The molecule has 0 heterocycles. The third-order valence-electron chi connectivity index (χ3n) is 2.91. The van der Waals surface area contributed by atoms with E-state index in [0.29, 0.717) is 12.8 Å². The van der Waals surface area contributed by atoms with Gasteiger partial charge in [0.25, 0.3) is 0 Å². The molecule has 1 aliphatic rings. The summed E-state index contributed by atoms with van der Waals surface area (Å²) in [6.07, 6.45) is 2.82. The van der Waals surface area contributed by atoms with Gasteiger partial charge in [0.2, 0.25) is 0 Å². The zero-order chi connectivity index (χ0) is 11.5. The molecule has 2 atom stereocenters. The molecule has 0 spiro atoms. The smallest absolute Gasteiger partial charge is 0.158 e. The van der Waals surface area contributed by atoms with Gasteiger partial charge in [-0.05, 0) is 37.3 Å². The highest BCUT2D eigenvalue weighted by molar-refractivity contribution is 5.95. The second-order valence-corrected chi connectivity index (χ2v) is 4.19. The van der Waals surface area contributed by atoms with Gasteiger partial charge in [-0.1, -0.05) is 11.2 Å². The summed E-state index contributed by atoms with van der Waals surface area (Å²) in [6.45, 7) is 3.39. The van der Waals surface area contributed by atoms with Gasteiger partial charge in [-0.15, -0.1) is 0 Å². The standard InChI is InChI=1S/C10H15N3O2/c1-7-3-4-8(5-9(7)14)10(2,15)6-12-13-11/h3,8,15H,4-6H2,1-2H3. The van der Waals surface area contributed by atoms with Crippen LogP contribution in [0, 0.1) is 5.92 Å². The second-order valence-electron chi connectivity index (χ2n) is 4.19. The van der Waals surface area contributed by atoms with Gasteiger partial charge in [0.15, 0.2) is 5.78 Å². The van der Waals surface area contributed by atoms with Crippen molar-refractivity contribution < 1.29 is 9.90 Å². The van der Waals surface area contributed by atoms with Crippen LogP contribution in [0.5, 0.6) is 0 Å². The molecule has 1 aliphatic carbocycles. The molecule has 5 heteroatoms. The second kappa shape index (κ2) is 4.47. The van der Waals surface area contributed by atoms with Gasteiger partial charge in [0, 0.05) is 11.3 Å². The van der Waals surface area contributed by atoms with Crippen LogP contribution in [0.25, 0.3) is 10.4 Å². The first-order valence-corrected chi connectivity index (χ1v) is 4.90. The summed E-state index contributed by atoms with van der Waals surface area (Å²) >= 11 is 0. The van der Waals surface area contributed by atoms with Crippen molar-refractivity contribution in [1.82, 2.24) is 0 Å². The lowest BCUT2D eigenvalue weighted by Gasteiger charge is -2.32. The lowest BCUT2D eigenvalue weighted by molar-refractivity contribution is -0.119. The lowest BCUT2D eigenvalue weighted by Crippen LogP contribution is -2.40. The van der Waals surface area contributed by atoms with Crippen LogP contribution in [-0.4, -0.2) is 23.0 Å². The maximum absolute atomic E-state index is 11.4. The number of hydrogen-bond donors (Lipinski definition) is 1. The highest BCUT2D eigenvalue weighted by atomic mass is 16.3. The molecule has 0 aromatic heterocycles. The van der Waals surface area contributed by atoms with E-state index in [-0.39, 0.29) is 18.2 Å². The fraction of sp³-hybridized carbons (Fsp3) is 0.700. The first-order valence-electron chi connectivity index (χ1n) is 4.90. The average molecular weight is 209 g/mol. The summed E-state index contributed by atoms with van der Waals surface area (Å²) in [5, 5.41) is 13.4. The van der Waals surface area contributed by atoms with Crippen LogP contribution in [0.4, 0.5) is 0 Å². The fourth-order valence-electron chi connectivity index (χ4n) is 1.68. The highest BCUT2D eigenvalue weighted by Crippen LogP contribution is 2.30. The number of carbonyl (C=O) groups is 1. The van der Waals surface area contributed by atoms with Crippen molar-refractivity contribution in [3.63, 3.8) is 0 Å². The largest absolute Gasteiger partial charge is 0.390 e. The molecule has 0 aliphatic heterocycles. The van der Waals surface area contributed by atoms with Gasteiger partial charge < -0.3 is 5.11 Å². The van der Waals surface area contributed by atoms with Gasteiger partial charge in [0.1, 0.15) is 0 Å². The zero-order valence-electron chi connectivity index (χ0n) is 8.97. The maximum Gasteiger partial charge on any atom is 0.158 e. The van der Waals surface area contributed by atoms with E-state index in [1.165, 1.54) is 0 Å². The number of azide groups is 1. The van der Waals surface area contributed by atoms with E-state index in [0.717, 1.165) is 5.57 Å². The SMILES string of the molecule is CC1=CCC(C(C)(O)CN=[N+]=[N-])CC1=O. The summed E-state index contributed by atoms with van der Waals surface area (Å²) in [7, 11) is 0. The number of allylic oxidation sites excluding steroid dienone is 2. The van der Waals surface area contributed by atoms with Gasteiger partial charge in [0.05, 0.1) is 12.1 Å². The normalized spacial score (nSPS) is 25.1. The minimum absolute atomic E-state index is 0.00827. The predicted octanol–water partition coefficient (Wildman–Crippen LogP) is 1.97. The molecule has 0 bridgehead atoms. The maximum atomic E-state index is 11.4. The van der Waals surface area contributed by atoms with Crippen molar-refractivity contribution in [2.24, 2.45) is 11.0 Å². The van der Waals surface area contributed by atoms with Crippen molar-refractivity contribution in [2.75, 3.05) is 6.54 Å². The molecule has 1 rings (SSSR count). The first-order chi connectivity index (χ1) is 6.97. The third-order valence-corrected chi connectivity index (χ3v) is 2.91. The van der Waals surface area contributed by atoms with Crippen molar-refractivity contribution in [3.8, 4) is 0 Å². The number of hydrogen-bond acceptors (Lipinski definition) is 3. The molecule has 5 nitrogen and oxygen atoms in total. The van der Waals surface area contributed by atoms with Crippen LogP contribution < -0.4 is 0 Å². The number of rotatable bonds is 3. The summed E-state index contributed by atoms with van der Waals surface area (Å²) in [4.78, 5) is 14.1. The third kappa shape index (κ3) is 2.81. The average Bonchev–Trinajstić information content (AvgIpc) is 2.19. The molecule has 1 N–H and O–H groups in total. The number of ketones is 1. The lowest BCUT2D eigenvalue weighted by atomic mass is 9.78. The molecule has 82 valence electrons. The molecular formula is C10H15N3O2. The Morgan fingerprint density at radius 3 is 3.00 bits per heavy atom. The molecule has 0 aromatic rings. The van der Waals surface area contributed by atoms with E-state index in [9.17, 15) is 9.90 Å². The number of aliphatic hydroxyl groups is 1. The fourth-order valence-corrected chi connectivity index (χ4v) is 1.68. The van der Waals surface area contributed by atoms with E-state index in [2.05, 4.69) is 10.0 Å². The monoisotopic (exact) mass is 209 g/mol. The number of Topliss-reactive ketones (excluding diaryl/α,β-unsaturated/α-hetero) is 1. The van der Waals surface area contributed by atoms with E-state index in [1.807, 2.05) is 6.08 Å². The van der Waals surface area contributed by atoms with Crippen LogP contribution >= 0.6 is 0 Å². The quantitative estimate of drug-likeness (QED) is 0.437. The van der Waals surface area contributed by atoms with E-state index < -0.39 is 5.60 Å². The Morgan fingerprint density at radius 1 is 1.80 bits per heavy atom. The summed E-state index contributed by atoms with van der Waals surface area (Å²) < 4.78 is 0. The predicted molar refractivity (Wildman–Crippen MR) is 56.1 cm³/mol. The molecule has 0 aromatic carbocycles. The molecule has 15 heavy (non-hydrogen) atoms. The van der Waals surface area contributed by atoms with E-state index in [1.54, 1.807) is 13.8 Å².